The molecule has 33 heavy (non-hydrogen) atoms. The van der Waals surface area contributed by atoms with E-state index in [2.05, 4.69) is 62.2 Å². The first-order valence-electron chi connectivity index (χ1n) is 10.6. The van der Waals surface area contributed by atoms with Gasteiger partial charge in [0.25, 0.3) is 0 Å². The molecule has 0 spiro atoms. The van der Waals surface area contributed by atoms with Gasteiger partial charge in [-0.05, 0) is 35.2 Å². The minimum absolute atomic E-state index is 0. The molecule has 0 saturated heterocycles. The first-order chi connectivity index (χ1) is 15.4. The van der Waals surface area contributed by atoms with Gasteiger partial charge in [-0.3, -0.25) is 4.98 Å². The summed E-state index contributed by atoms with van der Waals surface area (Å²) in [7, 11) is 0. The summed E-state index contributed by atoms with van der Waals surface area (Å²) >= 11 is 1.58. The third-order valence-corrected chi connectivity index (χ3v) is 6.59. The summed E-state index contributed by atoms with van der Waals surface area (Å²) in [5, 5.41) is 11.1. The van der Waals surface area contributed by atoms with Crippen LogP contribution in [0.15, 0.2) is 79.0 Å². The fourth-order valence-electron chi connectivity index (χ4n) is 3.76. The van der Waals surface area contributed by atoms with Crippen LogP contribution in [0.25, 0.3) is 43.2 Å². The molecule has 5 heteroatoms. The van der Waals surface area contributed by atoms with Crippen molar-refractivity contribution in [1.82, 2.24) is 9.97 Å². The van der Waals surface area contributed by atoms with E-state index >= 15 is 0 Å². The third-order valence-electron chi connectivity index (χ3n) is 5.54. The molecule has 2 aromatic heterocycles. The van der Waals surface area contributed by atoms with Gasteiger partial charge < -0.3 is 5.11 Å². The van der Waals surface area contributed by atoms with E-state index in [0.29, 0.717) is 0 Å². The second-order valence-corrected chi connectivity index (χ2v) is 9.88. The normalized spacial score (nSPS) is 11.4. The number of aromatic hydroxyl groups is 1. The molecule has 5 rings (SSSR count). The fraction of sp³-hybridized carbons (Fsp3) is 0.143. The molecule has 3 aromatic carbocycles. The van der Waals surface area contributed by atoms with E-state index in [0.717, 1.165) is 43.2 Å². The second-order valence-electron chi connectivity index (χ2n) is 8.85. The number of phenolic OH excluding ortho intramolecular Hbond substituents is 1. The van der Waals surface area contributed by atoms with Gasteiger partial charge in [0, 0.05) is 37.7 Å². The standard InChI is InChI=1S/C28H23N2OS.Pt/c1-28(2,3)20-14-15-29-23(17-20)19-9-6-8-18(16-19)21-11-7-13-25-26(21)30-27(32-25)22-10-4-5-12-24(22)31;/h4-15,17,31H,1-3H3;/q-1;. The number of benzene rings is 3. The smallest absolute Gasteiger partial charge is 0.127 e. The fourth-order valence-corrected chi connectivity index (χ4v) is 4.78. The van der Waals surface area contributed by atoms with Crippen molar-refractivity contribution in [2.45, 2.75) is 26.2 Å². The van der Waals surface area contributed by atoms with Crippen molar-refractivity contribution in [3.05, 3.63) is 90.6 Å². The van der Waals surface area contributed by atoms with Crippen molar-refractivity contribution in [1.29, 1.82) is 0 Å². The first kappa shape index (κ1) is 23.3. The molecular formula is C28H23N2OPtS-. The number of hydrogen-bond donors (Lipinski definition) is 1. The SMILES string of the molecule is CC(C)(C)c1ccnc(-c2[c-]c(-c3cccc4sc(-c5ccccc5O)nc34)ccc2)c1.[Pt]. The average molecular weight is 631 g/mol. The van der Waals surface area contributed by atoms with Crippen molar-refractivity contribution in [2.24, 2.45) is 0 Å². The van der Waals surface area contributed by atoms with Gasteiger partial charge in [-0.2, -0.15) is 0 Å². The van der Waals surface area contributed by atoms with Crippen molar-refractivity contribution in [3.63, 3.8) is 0 Å². The molecule has 0 aliphatic heterocycles. The van der Waals surface area contributed by atoms with Crippen LogP contribution >= 0.6 is 11.3 Å². The number of pyridine rings is 1. The predicted octanol–water partition coefficient (Wildman–Crippen LogP) is 7.49. The Labute approximate surface area is 212 Å². The molecule has 0 bridgehead atoms. The van der Waals surface area contributed by atoms with Crippen molar-refractivity contribution in [2.75, 3.05) is 0 Å². The van der Waals surface area contributed by atoms with Crippen molar-refractivity contribution >= 4 is 21.6 Å². The summed E-state index contributed by atoms with van der Waals surface area (Å²) in [5.74, 6) is 0.242. The van der Waals surface area contributed by atoms with Gasteiger partial charge in [0.1, 0.15) is 10.8 Å². The Balaban J connectivity index is 0.00000259. The number of phenols is 1. The van der Waals surface area contributed by atoms with Crippen LogP contribution in [0.4, 0.5) is 0 Å². The van der Waals surface area contributed by atoms with Crippen LogP contribution in [0.5, 0.6) is 5.75 Å². The summed E-state index contributed by atoms with van der Waals surface area (Å²) in [6.45, 7) is 6.62. The van der Waals surface area contributed by atoms with E-state index in [1.165, 1.54) is 5.56 Å². The first-order valence-corrected chi connectivity index (χ1v) is 11.4. The molecule has 0 aliphatic carbocycles. The summed E-state index contributed by atoms with van der Waals surface area (Å²) < 4.78 is 1.08. The van der Waals surface area contributed by atoms with Gasteiger partial charge >= 0.3 is 0 Å². The number of thiazole rings is 1. The molecule has 1 N–H and O–H groups in total. The van der Waals surface area contributed by atoms with Crippen LogP contribution in [0.1, 0.15) is 26.3 Å². The molecule has 3 nitrogen and oxygen atoms in total. The van der Waals surface area contributed by atoms with Crippen molar-refractivity contribution < 1.29 is 26.2 Å². The number of rotatable bonds is 3. The minimum Gasteiger partial charge on any atom is -0.507 e. The molecule has 0 unspecified atom stereocenters. The zero-order valence-electron chi connectivity index (χ0n) is 18.6. The predicted molar refractivity (Wildman–Crippen MR) is 133 cm³/mol. The molecule has 0 aliphatic rings. The van der Waals surface area contributed by atoms with E-state index in [1.807, 2.05) is 42.6 Å². The largest absolute Gasteiger partial charge is 0.507 e. The maximum atomic E-state index is 10.3. The number of aromatic nitrogens is 2. The molecular weight excluding hydrogens is 607 g/mol. The van der Waals surface area contributed by atoms with Gasteiger partial charge in [0.05, 0.1) is 11.1 Å². The molecule has 2 heterocycles. The monoisotopic (exact) mass is 630 g/mol. The Hall–Kier alpha value is -2.81. The Morgan fingerprint density at radius 1 is 0.848 bits per heavy atom. The Morgan fingerprint density at radius 3 is 2.36 bits per heavy atom. The summed E-state index contributed by atoms with van der Waals surface area (Å²) in [5.41, 5.74) is 6.85. The van der Waals surface area contributed by atoms with E-state index in [9.17, 15) is 5.11 Å². The van der Waals surface area contributed by atoms with Gasteiger partial charge in [-0.15, -0.1) is 41.2 Å². The van der Waals surface area contributed by atoms with E-state index < -0.39 is 0 Å². The van der Waals surface area contributed by atoms with Gasteiger partial charge in [-0.25, -0.2) is 4.98 Å². The van der Waals surface area contributed by atoms with Crippen molar-refractivity contribution in [3.8, 4) is 38.7 Å². The molecule has 0 saturated carbocycles. The third kappa shape index (κ3) is 4.64. The van der Waals surface area contributed by atoms with Crippen LogP contribution in [-0.4, -0.2) is 15.1 Å². The molecule has 0 fully saturated rings. The average Bonchev–Trinajstić information content (AvgIpc) is 3.23. The quantitative estimate of drug-likeness (QED) is 0.210. The van der Waals surface area contributed by atoms with Crippen LogP contribution < -0.4 is 0 Å². The van der Waals surface area contributed by atoms with Crippen LogP contribution in [0.3, 0.4) is 0 Å². The minimum atomic E-state index is 0. The Morgan fingerprint density at radius 2 is 1.58 bits per heavy atom. The zero-order chi connectivity index (χ0) is 22.3. The molecule has 168 valence electrons. The number of nitrogens with zero attached hydrogens (tertiary/aromatic N) is 2. The maximum absolute atomic E-state index is 10.3. The summed E-state index contributed by atoms with van der Waals surface area (Å²) in [6.07, 6.45) is 1.87. The number of para-hydroxylation sites is 2. The van der Waals surface area contributed by atoms with E-state index in [-0.39, 0.29) is 32.2 Å². The molecule has 0 amide bonds. The number of hydrogen-bond acceptors (Lipinski definition) is 4. The number of fused-ring (bicyclic) bond motifs is 1. The maximum Gasteiger partial charge on any atom is 0.127 e. The van der Waals surface area contributed by atoms with Gasteiger partial charge in [-0.1, -0.05) is 62.2 Å². The Bertz CT molecular complexity index is 1440. The van der Waals surface area contributed by atoms with Gasteiger partial charge in [0.15, 0.2) is 0 Å². The van der Waals surface area contributed by atoms with Crippen LogP contribution in [0.2, 0.25) is 0 Å². The molecule has 0 atom stereocenters. The van der Waals surface area contributed by atoms with Gasteiger partial charge in [0.2, 0.25) is 0 Å². The molecule has 5 aromatic rings. The summed E-state index contributed by atoms with van der Waals surface area (Å²) in [6, 6.07) is 27.4. The van der Waals surface area contributed by atoms with Crippen LogP contribution in [-0.2, 0) is 26.5 Å². The van der Waals surface area contributed by atoms with E-state index in [1.54, 1.807) is 17.4 Å². The summed E-state index contributed by atoms with van der Waals surface area (Å²) in [4.78, 5) is 9.49. The van der Waals surface area contributed by atoms with Crippen LogP contribution in [0, 0.1) is 6.07 Å². The van der Waals surface area contributed by atoms with E-state index in [4.69, 9.17) is 4.98 Å². The molecule has 0 radical (unpaired) electrons. The second kappa shape index (κ2) is 9.21. The Kier molecular flexibility index (Phi) is 6.52. The zero-order valence-corrected chi connectivity index (χ0v) is 21.7. The topological polar surface area (TPSA) is 46.0 Å².